The van der Waals surface area contributed by atoms with Crippen LogP contribution in [0.3, 0.4) is 0 Å². The number of hydrogen-bond donors (Lipinski definition) is 2. The van der Waals surface area contributed by atoms with E-state index in [1.165, 1.54) is 0 Å². The molecule has 5 rings (SSSR count). The minimum atomic E-state index is -0.189. The minimum Gasteiger partial charge on any atom is -0.322 e. The summed E-state index contributed by atoms with van der Waals surface area (Å²) in [6, 6.07) is 32.4. The van der Waals surface area contributed by atoms with Gasteiger partial charge >= 0.3 is 0 Å². The fourth-order valence-corrected chi connectivity index (χ4v) is 4.27. The number of amides is 2. The lowest BCUT2D eigenvalue weighted by molar-refractivity contribution is 0.0986. The molecule has 2 N–H and O–H groups in total. The van der Waals surface area contributed by atoms with Crippen molar-refractivity contribution >= 4 is 23.2 Å². The highest BCUT2D eigenvalue weighted by molar-refractivity contribution is 6.09. The minimum absolute atomic E-state index is 0.0524. The third-order valence-electron chi connectivity index (χ3n) is 6.00. The number of nitrogens with one attached hydrogen (secondary N) is 2. The summed E-state index contributed by atoms with van der Waals surface area (Å²) in [5.74, 6) is -0.241. The van der Waals surface area contributed by atoms with Crippen molar-refractivity contribution in [2.75, 3.05) is 23.3 Å². The highest BCUT2D eigenvalue weighted by Gasteiger charge is 2.22. The topological polar surface area (TPSA) is 61.4 Å². The molecule has 168 valence electrons. The van der Waals surface area contributed by atoms with Gasteiger partial charge in [-0.2, -0.15) is 0 Å². The van der Waals surface area contributed by atoms with E-state index in [1.54, 1.807) is 24.3 Å². The lowest BCUT2D eigenvalue weighted by Crippen LogP contribution is -2.34. The quantitative estimate of drug-likeness (QED) is 0.443. The van der Waals surface area contributed by atoms with Crippen molar-refractivity contribution in [1.82, 2.24) is 5.32 Å². The van der Waals surface area contributed by atoms with Crippen molar-refractivity contribution in [1.29, 1.82) is 0 Å². The van der Waals surface area contributed by atoms with Crippen molar-refractivity contribution < 1.29 is 9.59 Å². The van der Waals surface area contributed by atoms with E-state index in [1.807, 2.05) is 83.8 Å². The van der Waals surface area contributed by atoms with E-state index in [4.69, 9.17) is 0 Å². The summed E-state index contributed by atoms with van der Waals surface area (Å²) in [5, 5.41) is 6.33. The maximum atomic E-state index is 13.3. The van der Waals surface area contributed by atoms with Crippen molar-refractivity contribution in [3.05, 3.63) is 120 Å². The third kappa shape index (κ3) is 4.47. The second-order valence-electron chi connectivity index (χ2n) is 8.21. The molecule has 4 aromatic carbocycles. The van der Waals surface area contributed by atoms with Gasteiger partial charge in [0.2, 0.25) is 0 Å². The van der Waals surface area contributed by atoms with Gasteiger partial charge in [-0.1, -0.05) is 66.7 Å². The first-order chi connectivity index (χ1) is 16.7. The van der Waals surface area contributed by atoms with Crippen LogP contribution in [0.15, 0.2) is 103 Å². The summed E-state index contributed by atoms with van der Waals surface area (Å²) < 4.78 is 0. The Morgan fingerprint density at radius 1 is 0.765 bits per heavy atom. The summed E-state index contributed by atoms with van der Waals surface area (Å²) in [7, 11) is 0. The highest BCUT2D eigenvalue weighted by Crippen LogP contribution is 2.26. The Bertz CT molecular complexity index is 1320. The Morgan fingerprint density at radius 3 is 2.29 bits per heavy atom. The Hall–Kier alpha value is -4.22. The fourth-order valence-electron chi connectivity index (χ4n) is 4.27. The van der Waals surface area contributed by atoms with E-state index in [0.29, 0.717) is 23.4 Å². The van der Waals surface area contributed by atoms with Gasteiger partial charge in [0, 0.05) is 42.1 Å². The number of carbonyl (C=O) groups excluding carboxylic acids is 2. The van der Waals surface area contributed by atoms with E-state index in [2.05, 4.69) is 10.6 Å². The Labute approximate surface area is 199 Å². The monoisotopic (exact) mass is 447 g/mol. The van der Waals surface area contributed by atoms with Crippen LogP contribution in [0.25, 0.3) is 11.1 Å². The molecule has 0 bridgehead atoms. The number of rotatable bonds is 4. The van der Waals surface area contributed by atoms with E-state index in [-0.39, 0.29) is 11.8 Å². The van der Waals surface area contributed by atoms with Gasteiger partial charge in [-0.05, 0) is 53.1 Å². The average Bonchev–Trinajstić information content (AvgIpc) is 3.12. The van der Waals surface area contributed by atoms with Crippen LogP contribution in [-0.2, 0) is 6.54 Å². The maximum Gasteiger partial charge on any atom is 0.258 e. The second-order valence-corrected chi connectivity index (χ2v) is 8.21. The molecule has 34 heavy (non-hydrogen) atoms. The molecule has 0 unspecified atom stereocenters. The molecule has 4 aromatic rings. The zero-order chi connectivity index (χ0) is 23.3. The van der Waals surface area contributed by atoms with Crippen LogP contribution in [0.1, 0.15) is 26.3 Å². The molecular formula is C29H25N3O2. The molecule has 0 spiro atoms. The molecular weight excluding hydrogens is 422 g/mol. The highest BCUT2D eigenvalue weighted by atomic mass is 16.2. The van der Waals surface area contributed by atoms with Crippen molar-refractivity contribution in [3.8, 4) is 11.1 Å². The van der Waals surface area contributed by atoms with Gasteiger partial charge in [-0.3, -0.25) is 9.59 Å². The predicted molar refractivity (Wildman–Crippen MR) is 136 cm³/mol. The van der Waals surface area contributed by atoms with Crippen LogP contribution in [0.4, 0.5) is 11.4 Å². The number of anilines is 2. The van der Waals surface area contributed by atoms with Crippen LogP contribution < -0.4 is 15.5 Å². The Balaban J connectivity index is 1.34. The lowest BCUT2D eigenvalue weighted by Gasteiger charge is -2.22. The summed E-state index contributed by atoms with van der Waals surface area (Å²) in [4.78, 5) is 28.2. The Kier molecular flexibility index (Phi) is 6.19. The molecule has 0 atom stereocenters. The van der Waals surface area contributed by atoms with Gasteiger partial charge < -0.3 is 15.5 Å². The van der Waals surface area contributed by atoms with E-state index >= 15 is 0 Å². The molecule has 0 saturated carbocycles. The first-order valence-corrected chi connectivity index (χ1v) is 11.4. The van der Waals surface area contributed by atoms with Gasteiger partial charge in [0.1, 0.15) is 0 Å². The summed E-state index contributed by atoms with van der Waals surface area (Å²) in [6.07, 6.45) is 0. The first kappa shape index (κ1) is 21.6. The average molecular weight is 448 g/mol. The maximum absolute atomic E-state index is 13.3. The van der Waals surface area contributed by atoms with Gasteiger partial charge in [0.15, 0.2) is 0 Å². The SMILES string of the molecule is O=C(Nc1ccc(C(=O)N2CCNCc3ccccc32)cc1)c1ccccc1-c1ccccc1. The number of hydrogen-bond acceptors (Lipinski definition) is 3. The number of carbonyl (C=O) groups is 2. The smallest absolute Gasteiger partial charge is 0.258 e. The molecule has 1 heterocycles. The molecule has 0 saturated heterocycles. The third-order valence-corrected chi connectivity index (χ3v) is 6.00. The summed E-state index contributed by atoms with van der Waals surface area (Å²) in [6.45, 7) is 2.08. The molecule has 2 amide bonds. The van der Waals surface area contributed by atoms with Crippen LogP contribution in [0, 0.1) is 0 Å². The number of para-hydroxylation sites is 1. The number of benzene rings is 4. The largest absolute Gasteiger partial charge is 0.322 e. The normalized spacial score (nSPS) is 13.0. The molecule has 0 aliphatic carbocycles. The zero-order valence-corrected chi connectivity index (χ0v) is 18.7. The van der Waals surface area contributed by atoms with Crippen molar-refractivity contribution in [2.45, 2.75) is 6.54 Å². The van der Waals surface area contributed by atoms with Crippen LogP contribution >= 0.6 is 0 Å². The molecule has 1 aliphatic heterocycles. The van der Waals surface area contributed by atoms with E-state index in [0.717, 1.165) is 35.5 Å². The van der Waals surface area contributed by atoms with Crippen LogP contribution in [-0.4, -0.2) is 24.9 Å². The number of fused-ring (bicyclic) bond motifs is 1. The van der Waals surface area contributed by atoms with Gasteiger partial charge in [0.05, 0.1) is 0 Å². The number of nitrogens with zero attached hydrogens (tertiary/aromatic N) is 1. The van der Waals surface area contributed by atoms with Gasteiger partial charge in [-0.25, -0.2) is 0 Å². The van der Waals surface area contributed by atoms with E-state index in [9.17, 15) is 9.59 Å². The molecule has 0 aromatic heterocycles. The van der Waals surface area contributed by atoms with Gasteiger partial charge in [0.25, 0.3) is 11.8 Å². The predicted octanol–water partition coefficient (Wildman–Crippen LogP) is 5.36. The van der Waals surface area contributed by atoms with Crippen LogP contribution in [0.5, 0.6) is 0 Å². The zero-order valence-electron chi connectivity index (χ0n) is 18.7. The molecule has 0 fully saturated rings. The molecule has 5 heteroatoms. The summed E-state index contributed by atoms with van der Waals surface area (Å²) >= 11 is 0. The Morgan fingerprint density at radius 2 is 1.47 bits per heavy atom. The second kappa shape index (κ2) is 9.73. The standard InChI is InChI=1S/C29H25N3O2/c33-28(26-12-6-5-11-25(26)21-8-2-1-3-9-21)31-24-16-14-22(15-17-24)29(34)32-19-18-30-20-23-10-4-7-13-27(23)32/h1-17,30H,18-20H2,(H,31,33). The van der Waals surface area contributed by atoms with Crippen molar-refractivity contribution in [2.24, 2.45) is 0 Å². The van der Waals surface area contributed by atoms with Crippen LogP contribution in [0.2, 0.25) is 0 Å². The van der Waals surface area contributed by atoms with E-state index < -0.39 is 0 Å². The fraction of sp³-hybridized carbons (Fsp3) is 0.103. The molecule has 0 radical (unpaired) electrons. The summed E-state index contributed by atoms with van der Waals surface area (Å²) in [5.41, 5.74) is 5.73. The first-order valence-electron chi connectivity index (χ1n) is 11.4. The molecule has 5 nitrogen and oxygen atoms in total. The molecule has 1 aliphatic rings. The van der Waals surface area contributed by atoms with Crippen molar-refractivity contribution in [3.63, 3.8) is 0 Å². The lowest BCUT2D eigenvalue weighted by atomic mass is 9.99. The van der Waals surface area contributed by atoms with Gasteiger partial charge in [-0.15, -0.1) is 0 Å².